The van der Waals surface area contributed by atoms with E-state index < -0.39 is 0 Å². The normalized spacial score (nSPS) is 14.3. The van der Waals surface area contributed by atoms with Crippen molar-refractivity contribution in [2.75, 3.05) is 45.3 Å². The smallest absolute Gasteiger partial charge is 0.254 e. The van der Waals surface area contributed by atoms with Crippen LogP contribution in [-0.4, -0.2) is 51.2 Å². The van der Waals surface area contributed by atoms with Crippen molar-refractivity contribution in [3.63, 3.8) is 0 Å². The minimum absolute atomic E-state index is 0.0413. The maximum Gasteiger partial charge on any atom is 0.254 e. The predicted molar refractivity (Wildman–Crippen MR) is 98.8 cm³/mol. The highest BCUT2D eigenvalue weighted by molar-refractivity contribution is 5.95. The lowest BCUT2D eigenvalue weighted by Crippen LogP contribution is -2.48. The monoisotopic (exact) mass is 358 g/mol. The van der Waals surface area contributed by atoms with Crippen LogP contribution in [0.25, 0.3) is 0 Å². The third-order valence-electron chi connectivity index (χ3n) is 4.76. The van der Waals surface area contributed by atoms with Crippen LogP contribution < -0.4 is 14.4 Å². The standard InChI is InChI=1S/C20H23FN2O3/c1-14-18(25-2)12-15(13-19(14)26-3)20(24)23-10-8-22(9-11-23)17-6-4-16(21)5-7-17/h4-7,12-13H,8-11H2,1-3H3. The van der Waals surface area contributed by atoms with Crippen LogP contribution in [0.15, 0.2) is 36.4 Å². The molecule has 2 aromatic carbocycles. The van der Waals surface area contributed by atoms with E-state index in [0.717, 1.165) is 11.3 Å². The van der Waals surface area contributed by atoms with Crippen molar-refractivity contribution in [1.29, 1.82) is 0 Å². The first-order valence-corrected chi connectivity index (χ1v) is 8.56. The minimum atomic E-state index is -0.246. The predicted octanol–water partition coefficient (Wildman–Crippen LogP) is 3.11. The molecule has 26 heavy (non-hydrogen) atoms. The van der Waals surface area contributed by atoms with Gasteiger partial charge in [0, 0.05) is 43.0 Å². The summed E-state index contributed by atoms with van der Waals surface area (Å²) in [5, 5.41) is 0. The molecule has 5 nitrogen and oxygen atoms in total. The van der Waals surface area contributed by atoms with Crippen molar-refractivity contribution >= 4 is 11.6 Å². The zero-order chi connectivity index (χ0) is 18.7. The Labute approximate surface area is 152 Å². The molecule has 0 aromatic heterocycles. The van der Waals surface area contributed by atoms with Crippen molar-refractivity contribution in [1.82, 2.24) is 4.90 Å². The summed E-state index contributed by atoms with van der Waals surface area (Å²) < 4.78 is 23.8. The second-order valence-corrected chi connectivity index (χ2v) is 6.26. The van der Waals surface area contributed by atoms with Gasteiger partial charge in [-0.15, -0.1) is 0 Å². The Kier molecular flexibility index (Phi) is 5.30. The van der Waals surface area contributed by atoms with Crippen molar-refractivity contribution in [2.45, 2.75) is 6.92 Å². The average molecular weight is 358 g/mol. The van der Waals surface area contributed by atoms with E-state index in [1.807, 2.05) is 11.8 Å². The van der Waals surface area contributed by atoms with E-state index in [-0.39, 0.29) is 11.7 Å². The maximum atomic E-state index is 13.1. The molecule has 1 heterocycles. The molecule has 6 heteroatoms. The van der Waals surface area contributed by atoms with Gasteiger partial charge in [-0.1, -0.05) is 0 Å². The van der Waals surface area contributed by atoms with Gasteiger partial charge in [0.1, 0.15) is 17.3 Å². The summed E-state index contributed by atoms with van der Waals surface area (Å²) >= 11 is 0. The molecule has 1 aliphatic rings. The fourth-order valence-electron chi connectivity index (χ4n) is 3.21. The quantitative estimate of drug-likeness (QED) is 0.842. The third-order valence-corrected chi connectivity index (χ3v) is 4.76. The van der Waals surface area contributed by atoms with Crippen LogP contribution in [0.1, 0.15) is 15.9 Å². The number of hydrogen-bond donors (Lipinski definition) is 0. The molecule has 0 bridgehead atoms. The van der Waals surface area contributed by atoms with Gasteiger partial charge in [0.05, 0.1) is 14.2 Å². The molecule has 1 saturated heterocycles. The number of rotatable bonds is 4. The summed E-state index contributed by atoms with van der Waals surface area (Å²) in [6, 6.07) is 9.96. The molecule has 1 amide bonds. The van der Waals surface area contributed by atoms with Crippen LogP contribution in [0.4, 0.5) is 10.1 Å². The lowest BCUT2D eigenvalue weighted by Gasteiger charge is -2.36. The van der Waals surface area contributed by atoms with Gasteiger partial charge in [0.15, 0.2) is 0 Å². The zero-order valence-electron chi connectivity index (χ0n) is 15.3. The number of hydrogen-bond acceptors (Lipinski definition) is 4. The first-order chi connectivity index (χ1) is 12.5. The SMILES string of the molecule is COc1cc(C(=O)N2CCN(c3ccc(F)cc3)CC2)cc(OC)c1C. The van der Waals surface area contributed by atoms with Crippen molar-refractivity contribution in [2.24, 2.45) is 0 Å². The molecule has 0 radical (unpaired) electrons. The first-order valence-electron chi connectivity index (χ1n) is 8.56. The number of piperazine rings is 1. The topological polar surface area (TPSA) is 42.0 Å². The molecule has 1 aliphatic heterocycles. The van der Waals surface area contributed by atoms with E-state index >= 15 is 0 Å². The number of anilines is 1. The molecule has 138 valence electrons. The number of methoxy groups -OCH3 is 2. The van der Waals surface area contributed by atoms with Gasteiger partial charge in [0.25, 0.3) is 5.91 Å². The highest BCUT2D eigenvalue weighted by Gasteiger charge is 2.24. The van der Waals surface area contributed by atoms with Gasteiger partial charge in [0.2, 0.25) is 0 Å². The van der Waals surface area contributed by atoms with E-state index in [4.69, 9.17) is 9.47 Å². The Morgan fingerprint density at radius 3 is 2.00 bits per heavy atom. The van der Waals surface area contributed by atoms with Crippen LogP contribution >= 0.6 is 0 Å². The Balaban J connectivity index is 1.71. The number of nitrogens with zero attached hydrogens (tertiary/aromatic N) is 2. The van der Waals surface area contributed by atoms with E-state index in [1.165, 1.54) is 12.1 Å². The molecule has 0 N–H and O–H groups in total. The van der Waals surface area contributed by atoms with Gasteiger partial charge in [-0.05, 0) is 43.3 Å². The fourth-order valence-corrected chi connectivity index (χ4v) is 3.21. The van der Waals surface area contributed by atoms with Crippen molar-refractivity contribution in [3.8, 4) is 11.5 Å². The van der Waals surface area contributed by atoms with Crippen LogP contribution in [0, 0.1) is 12.7 Å². The molecule has 0 atom stereocenters. The summed E-state index contributed by atoms with van der Waals surface area (Å²) in [5.74, 6) is 0.987. The number of amides is 1. The number of halogens is 1. The van der Waals surface area contributed by atoms with Crippen LogP contribution in [0.5, 0.6) is 11.5 Å². The third kappa shape index (κ3) is 3.59. The number of carbonyl (C=O) groups excluding carboxylic acids is 1. The molecule has 0 spiro atoms. The first kappa shape index (κ1) is 18.0. The van der Waals surface area contributed by atoms with Crippen molar-refractivity contribution in [3.05, 3.63) is 53.3 Å². The van der Waals surface area contributed by atoms with Gasteiger partial charge in [-0.25, -0.2) is 4.39 Å². The maximum absolute atomic E-state index is 13.1. The number of benzene rings is 2. The Bertz CT molecular complexity index is 759. The van der Waals surface area contributed by atoms with Crippen LogP contribution in [0.2, 0.25) is 0 Å². The summed E-state index contributed by atoms with van der Waals surface area (Å²) in [5.41, 5.74) is 2.39. The zero-order valence-corrected chi connectivity index (χ0v) is 15.3. The van der Waals surface area contributed by atoms with E-state index in [0.29, 0.717) is 43.2 Å². The van der Waals surface area contributed by atoms with Gasteiger partial charge in [-0.3, -0.25) is 4.79 Å². The molecule has 3 rings (SSSR count). The number of ether oxygens (including phenoxy) is 2. The largest absolute Gasteiger partial charge is 0.496 e. The summed E-state index contributed by atoms with van der Waals surface area (Å²) in [7, 11) is 3.16. The Hall–Kier alpha value is -2.76. The van der Waals surface area contributed by atoms with Gasteiger partial charge >= 0.3 is 0 Å². The molecule has 0 saturated carbocycles. The van der Waals surface area contributed by atoms with Crippen molar-refractivity contribution < 1.29 is 18.7 Å². The highest BCUT2D eigenvalue weighted by atomic mass is 19.1. The summed E-state index contributed by atoms with van der Waals surface area (Å²) in [6.45, 7) is 4.52. The van der Waals surface area contributed by atoms with E-state index in [2.05, 4.69) is 4.90 Å². The average Bonchev–Trinajstić information content (AvgIpc) is 2.68. The molecular weight excluding hydrogens is 335 g/mol. The van der Waals surface area contributed by atoms with Crippen LogP contribution in [0.3, 0.4) is 0 Å². The number of carbonyl (C=O) groups is 1. The Morgan fingerprint density at radius 2 is 1.50 bits per heavy atom. The molecule has 2 aromatic rings. The minimum Gasteiger partial charge on any atom is -0.496 e. The Morgan fingerprint density at radius 1 is 0.962 bits per heavy atom. The molecule has 0 unspecified atom stereocenters. The summed E-state index contributed by atoms with van der Waals surface area (Å²) in [4.78, 5) is 16.9. The molecular formula is C20H23FN2O3. The van der Waals surface area contributed by atoms with Crippen LogP contribution in [-0.2, 0) is 0 Å². The molecule has 1 fully saturated rings. The van der Waals surface area contributed by atoms with E-state index in [9.17, 15) is 9.18 Å². The summed E-state index contributed by atoms with van der Waals surface area (Å²) in [6.07, 6.45) is 0. The lowest BCUT2D eigenvalue weighted by atomic mass is 10.1. The van der Waals surface area contributed by atoms with Gasteiger partial charge < -0.3 is 19.3 Å². The molecule has 0 aliphatic carbocycles. The second-order valence-electron chi connectivity index (χ2n) is 6.26. The highest BCUT2D eigenvalue weighted by Crippen LogP contribution is 2.30. The second kappa shape index (κ2) is 7.64. The lowest BCUT2D eigenvalue weighted by molar-refractivity contribution is 0.0746. The van der Waals surface area contributed by atoms with E-state index in [1.54, 1.807) is 38.5 Å². The van der Waals surface area contributed by atoms with Gasteiger partial charge in [-0.2, -0.15) is 0 Å². The fraction of sp³-hybridized carbons (Fsp3) is 0.350.